The first-order valence-corrected chi connectivity index (χ1v) is 13.4. The summed E-state index contributed by atoms with van der Waals surface area (Å²) >= 11 is 0. The molecular formula is C23H34FeP2+6. The molecular weight excluding hydrogens is 394 g/mol. The Kier molecular flexibility index (Phi) is 17.2. The maximum atomic E-state index is 2.31. The van der Waals surface area contributed by atoms with Gasteiger partial charge in [-0.2, -0.15) is 17.7 Å². The zero-order valence-electron chi connectivity index (χ0n) is 16.9. The van der Waals surface area contributed by atoms with Crippen LogP contribution < -0.4 is 10.6 Å². The quantitative estimate of drug-likeness (QED) is 0.278. The van der Waals surface area contributed by atoms with E-state index in [-0.39, 0.29) is 40.3 Å². The Labute approximate surface area is 174 Å². The third-order valence-corrected chi connectivity index (χ3v) is 6.51. The Morgan fingerprint density at radius 1 is 0.577 bits per heavy atom. The van der Waals surface area contributed by atoms with E-state index in [1.807, 2.05) is 12.1 Å². The molecule has 3 aromatic carbocycles. The summed E-state index contributed by atoms with van der Waals surface area (Å²) in [7, 11) is -0.424. The van der Waals surface area contributed by atoms with Crippen LogP contribution in [0.15, 0.2) is 84.9 Å². The van der Waals surface area contributed by atoms with Gasteiger partial charge < -0.3 is 7.43 Å². The molecule has 0 aliphatic carbocycles. The van der Waals surface area contributed by atoms with E-state index < -0.39 is 0 Å². The third kappa shape index (κ3) is 12.5. The fraction of sp³-hybridized carbons (Fsp3) is 0.217. The van der Waals surface area contributed by atoms with E-state index >= 15 is 0 Å². The Hall–Kier alpha value is -0.831. The minimum atomic E-state index is -0.212. The first kappa shape index (κ1) is 27.4. The monoisotopic (exact) mass is 428 g/mol. The standard InChI is InChI=1S/2C8H11P.C6H7.CH3.Fe/c2*1-9(2)8-6-4-3-5-7-8;1-6-4-2-3-5-6;;/h2*3-7H,1-2H3;2-5H,1H3;1H3;/q;;2*-1;+6/p+2. The second-order valence-corrected chi connectivity index (χ2v) is 11.3. The molecule has 3 rings (SSSR count). The normalized spacial score (nSPS) is 9.04. The van der Waals surface area contributed by atoms with Crippen molar-refractivity contribution in [2.75, 3.05) is 26.7 Å². The molecule has 3 aromatic rings. The summed E-state index contributed by atoms with van der Waals surface area (Å²) in [4.78, 5) is 0. The van der Waals surface area contributed by atoms with Crippen molar-refractivity contribution in [1.29, 1.82) is 0 Å². The predicted molar refractivity (Wildman–Crippen MR) is 126 cm³/mol. The zero-order valence-corrected chi connectivity index (χ0v) is 20.0. The largest absolute Gasteiger partial charge is 6.00 e. The third-order valence-electron chi connectivity index (χ3n) is 3.53. The van der Waals surface area contributed by atoms with Crippen LogP contribution in [-0.2, 0) is 17.1 Å². The first-order chi connectivity index (χ1) is 11.5. The van der Waals surface area contributed by atoms with E-state index in [1.54, 1.807) is 0 Å². The molecule has 0 heterocycles. The molecule has 0 saturated heterocycles. The van der Waals surface area contributed by atoms with Gasteiger partial charge in [-0.1, -0.05) is 43.3 Å². The minimum Gasteiger partial charge on any atom is -0.358 e. The molecule has 0 unspecified atom stereocenters. The fourth-order valence-corrected chi connectivity index (χ4v) is 3.73. The summed E-state index contributed by atoms with van der Waals surface area (Å²) < 4.78 is 0. The number of benzene rings is 2. The van der Waals surface area contributed by atoms with Crippen LogP contribution in [0.4, 0.5) is 0 Å². The van der Waals surface area contributed by atoms with Crippen LogP contribution in [-0.4, -0.2) is 26.7 Å². The number of hydrogen-bond acceptors (Lipinski definition) is 0. The van der Waals surface area contributed by atoms with Gasteiger partial charge in [0.05, 0.1) is 37.3 Å². The molecule has 0 aliphatic heterocycles. The molecule has 0 spiro atoms. The van der Waals surface area contributed by atoms with Crippen LogP contribution in [0.2, 0.25) is 0 Å². The summed E-state index contributed by atoms with van der Waals surface area (Å²) in [5.74, 6) is 0. The summed E-state index contributed by atoms with van der Waals surface area (Å²) in [5, 5.41) is 3.03. The molecule has 0 atom stereocenters. The van der Waals surface area contributed by atoms with E-state index in [2.05, 4.69) is 106 Å². The van der Waals surface area contributed by atoms with E-state index in [4.69, 9.17) is 0 Å². The molecule has 0 aromatic heterocycles. The molecule has 138 valence electrons. The smallest absolute Gasteiger partial charge is 0.358 e. The molecule has 26 heavy (non-hydrogen) atoms. The molecule has 0 bridgehead atoms. The number of hydrogen-bond donors (Lipinski definition) is 0. The Balaban J connectivity index is 0. The maximum absolute atomic E-state index is 2.31. The second-order valence-electron chi connectivity index (χ2n) is 6.19. The van der Waals surface area contributed by atoms with E-state index in [0.29, 0.717) is 0 Å². The van der Waals surface area contributed by atoms with Gasteiger partial charge in [-0.15, -0.1) is 0 Å². The van der Waals surface area contributed by atoms with Gasteiger partial charge in [0, 0.05) is 15.8 Å². The van der Waals surface area contributed by atoms with Gasteiger partial charge in [0.1, 0.15) is 0 Å². The average molecular weight is 428 g/mol. The first-order valence-electron chi connectivity index (χ1n) is 8.40. The van der Waals surface area contributed by atoms with Crippen LogP contribution in [0.3, 0.4) is 0 Å². The van der Waals surface area contributed by atoms with Gasteiger partial charge in [0.15, 0.2) is 0 Å². The van der Waals surface area contributed by atoms with E-state index in [1.165, 1.54) is 16.2 Å². The zero-order chi connectivity index (χ0) is 17.8. The van der Waals surface area contributed by atoms with Gasteiger partial charge in [0.2, 0.25) is 0 Å². The van der Waals surface area contributed by atoms with Crippen LogP contribution in [0, 0.1) is 14.4 Å². The van der Waals surface area contributed by atoms with Gasteiger partial charge in [0.25, 0.3) is 0 Å². The average Bonchev–Trinajstić information content (AvgIpc) is 3.08. The molecule has 0 radical (unpaired) electrons. The van der Waals surface area contributed by atoms with E-state index in [9.17, 15) is 0 Å². The van der Waals surface area contributed by atoms with Crippen molar-refractivity contribution >= 4 is 26.5 Å². The van der Waals surface area contributed by atoms with Gasteiger partial charge in [-0.3, -0.25) is 0 Å². The summed E-state index contributed by atoms with van der Waals surface area (Å²) in [6.07, 6.45) is 0. The van der Waals surface area contributed by atoms with Crippen LogP contribution >= 0.6 is 15.8 Å². The van der Waals surface area contributed by atoms with Crippen molar-refractivity contribution in [1.82, 2.24) is 0 Å². The minimum absolute atomic E-state index is 0. The van der Waals surface area contributed by atoms with Gasteiger partial charge in [-0.25, -0.2) is 12.1 Å². The van der Waals surface area contributed by atoms with Crippen molar-refractivity contribution in [2.24, 2.45) is 0 Å². The Morgan fingerprint density at radius 2 is 0.885 bits per heavy atom. The van der Waals surface area contributed by atoms with Crippen LogP contribution in [0.1, 0.15) is 5.56 Å². The number of aryl methyl sites for hydroxylation is 1. The second kappa shape index (κ2) is 16.4. The van der Waals surface area contributed by atoms with Crippen molar-refractivity contribution in [3.05, 3.63) is 97.9 Å². The maximum Gasteiger partial charge on any atom is 6.00 e. The molecule has 0 aliphatic rings. The predicted octanol–water partition coefficient (Wildman–Crippen LogP) is 5.73. The fourth-order valence-electron chi connectivity index (χ4n) is 2.01. The van der Waals surface area contributed by atoms with Crippen molar-refractivity contribution < 1.29 is 17.1 Å². The van der Waals surface area contributed by atoms with Crippen molar-refractivity contribution in [3.63, 3.8) is 0 Å². The van der Waals surface area contributed by atoms with Crippen molar-refractivity contribution in [2.45, 2.75) is 6.92 Å². The summed E-state index contributed by atoms with van der Waals surface area (Å²) in [6, 6.07) is 29.6. The SMILES string of the molecule is C[PH+](C)c1ccccc1.C[PH+](C)c1ccccc1.C[c-]1cccc1.[CH3-].[Fe+6]. The molecule has 0 nitrogen and oxygen atoms in total. The van der Waals surface area contributed by atoms with Gasteiger partial charge in [-0.05, 0) is 24.3 Å². The van der Waals surface area contributed by atoms with E-state index in [0.717, 1.165) is 0 Å². The summed E-state index contributed by atoms with van der Waals surface area (Å²) in [6.45, 7) is 11.3. The summed E-state index contributed by atoms with van der Waals surface area (Å²) in [5.41, 5.74) is 1.34. The van der Waals surface area contributed by atoms with Crippen LogP contribution in [0.5, 0.6) is 0 Å². The number of rotatable bonds is 2. The van der Waals surface area contributed by atoms with Gasteiger partial charge >= 0.3 is 17.1 Å². The molecule has 0 N–H and O–H groups in total. The Morgan fingerprint density at radius 3 is 1.04 bits per heavy atom. The molecule has 0 amide bonds. The Bertz CT molecular complexity index is 589. The molecule has 3 heteroatoms. The molecule has 0 fully saturated rings. The van der Waals surface area contributed by atoms with Crippen molar-refractivity contribution in [3.8, 4) is 0 Å². The molecule has 0 saturated carbocycles. The topological polar surface area (TPSA) is 0 Å². The van der Waals surface area contributed by atoms with Crippen LogP contribution in [0.25, 0.3) is 0 Å².